The number of aliphatic carboxylic acids is 1. The van der Waals surface area contributed by atoms with Crippen molar-refractivity contribution >= 4 is 34.3 Å². The maximum Gasteiger partial charge on any atom is 0.326 e. The van der Waals surface area contributed by atoms with Crippen molar-refractivity contribution in [1.82, 2.24) is 5.32 Å². The molecule has 0 spiro atoms. The van der Waals surface area contributed by atoms with Crippen molar-refractivity contribution in [2.24, 2.45) is 0 Å². The molecule has 9 heteroatoms. The molecule has 3 rings (SSSR count). The summed E-state index contributed by atoms with van der Waals surface area (Å²) in [7, 11) is 0. The molecule has 0 aliphatic heterocycles. The molecule has 3 aromatic carbocycles. The zero-order chi connectivity index (χ0) is 24.7. The van der Waals surface area contributed by atoms with E-state index in [0.29, 0.717) is 11.1 Å². The van der Waals surface area contributed by atoms with Gasteiger partial charge in [-0.2, -0.15) is 0 Å². The van der Waals surface area contributed by atoms with E-state index in [1.54, 1.807) is 13.0 Å². The van der Waals surface area contributed by atoms with Crippen LogP contribution in [0.3, 0.4) is 0 Å². The van der Waals surface area contributed by atoms with E-state index in [4.69, 9.17) is 4.74 Å². The molecule has 0 radical (unpaired) electrons. The van der Waals surface area contributed by atoms with Gasteiger partial charge in [-0.25, -0.2) is 4.79 Å². The summed E-state index contributed by atoms with van der Waals surface area (Å²) in [6.45, 7) is 1.73. The molecule has 0 saturated heterocycles. The van der Waals surface area contributed by atoms with Gasteiger partial charge in [0.1, 0.15) is 6.04 Å². The number of carboxylic acids is 1. The molecular weight excluding hydrogens is 440 g/mol. The quantitative estimate of drug-likeness (QED) is 0.266. The lowest BCUT2D eigenvalue weighted by molar-refractivity contribution is -0.384. The smallest absolute Gasteiger partial charge is 0.326 e. The minimum Gasteiger partial charge on any atom is -0.480 e. The van der Waals surface area contributed by atoms with E-state index < -0.39 is 34.7 Å². The van der Waals surface area contributed by atoms with Gasteiger partial charge in [-0.3, -0.25) is 19.7 Å². The minimum absolute atomic E-state index is 0.0546. The summed E-state index contributed by atoms with van der Waals surface area (Å²) in [5.41, 5.74) is 0.889. The first kappa shape index (κ1) is 24.4. The van der Waals surface area contributed by atoms with Crippen molar-refractivity contribution in [3.8, 4) is 0 Å². The fourth-order valence-electron chi connectivity index (χ4n) is 3.76. The molecule has 176 valence electrons. The van der Waals surface area contributed by atoms with Crippen LogP contribution in [0, 0.1) is 10.1 Å². The zero-order valence-corrected chi connectivity index (χ0v) is 18.5. The van der Waals surface area contributed by atoms with Crippen LogP contribution in [0.1, 0.15) is 30.4 Å². The Balaban J connectivity index is 1.84. The van der Waals surface area contributed by atoms with Crippen LogP contribution in [0.15, 0.2) is 66.7 Å². The number of nitrogens with zero attached hydrogens (tertiary/aromatic N) is 1. The number of nitrogens with one attached hydrogen (secondary N) is 1. The van der Waals surface area contributed by atoms with E-state index in [9.17, 15) is 29.6 Å². The highest BCUT2D eigenvalue weighted by Crippen LogP contribution is 2.27. The first-order chi connectivity index (χ1) is 16.3. The zero-order valence-electron chi connectivity index (χ0n) is 18.5. The number of non-ortho nitro benzene ring substituents is 1. The molecule has 0 unspecified atom stereocenters. The maximum absolute atomic E-state index is 12.8. The number of esters is 1. The van der Waals surface area contributed by atoms with Gasteiger partial charge in [-0.15, -0.1) is 0 Å². The van der Waals surface area contributed by atoms with Crippen LogP contribution in [0.2, 0.25) is 0 Å². The maximum atomic E-state index is 12.8. The Hall–Kier alpha value is -4.27. The molecule has 34 heavy (non-hydrogen) atoms. The number of hydrogen-bond acceptors (Lipinski definition) is 6. The van der Waals surface area contributed by atoms with Gasteiger partial charge in [0.25, 0.3) is 5.69 Å². The van der Waals surface area contributed by atoms with Gasteiger partial charge in [0, 0.05) is 18.1 Å². The average Bonchev–Trinajstić information content (AvgIpc) is 2.81. The monoisotopic (exact) mass is 464 g/mol. The van der Waals surface area contributed by atoms with E-state index in [1.807, 2.05) is 36.4 Å². The van der Waals surface area contributed by atoms with Gasteiger partial charge in [0.05, 0.1) is 24.4 Å². The topological polar surface area (TPSA) is 136 Å². The van der Waals surface area contributed by atoms with Crippen LogP contribution in [-0.4, -0.2) is 40.5 Å². The molecule has 0 aliphatic carbocycles. The highest BCUT2D eigenvalue weighted by atomic mass is 16.6. The summed E-state index contributed by atoms with van der Waals surface area (Å²) < 4.78 is 4.97. The third-order valence-electron chi connectivity index (χ3n) is 5.39. The van der Waals surface area contributed by atoms with Gasteiger partial charge in [-0.05, 0) is 28.8 Å². The van der Waals surface area contributed by atoms with Crippen molar-refractivity contribution in [3.63, 3.8) is 0 Å². The SMILES string of the molecule is CCOC(=O)C[C@H](c1ccc([N+](=O)[O-])cc1)[C@H](NC(=O)Cc1ccc2ccccc2c1)C(=O)O. The van der Waals surface area contributed by atoms with Gasteiger partial charge < -0.3 is 15.2 Å². The first-order valence-corrected chi connectivity index (χ1v) is 10.7. The van der Waals surface area contributed by atoms with E-state index in [-0.39, 0.29) is 25.1 Å². The summed E-state index contributed by atoms with van der Waals surface area (Å²) >= 11 is 0. The van der Waals surface area contributed by atoms with Gasteiger partial charge in [0.2, 0.25) is 5.91 Å². The Morgan fingerprint density at radius 2 is 1.71 bits per heavy atom. The van der Waals surface area contributed by atoms with E-state index >= 15 is 0 Å². The fourth-order valence-corrected chi connectivity index (χ4v) is 3.76. The lowest BCUT2D eigenvalue weighted by atomic mass is 9.88. The van der Waals surface area contributed by atoms with Crippen LogP contribution in [0.25, 0.3) is 10.8 Å². The number of nitro groups is 1. The first-order valence-electron chi connectivity index (χ1n) is 10.7. The van der Waals surface area contributed by atoms with Crippen molar-refractivity contribution < 1.29 is 29.2 Å². The molecular formula is C25H24N2O7. The Morgan fingerprint density at radius 3 is 2.32 bits per heavy atom. The molecule has 0 fully saturated rings. The molecule has 0 aromatic heterocycles. The average molecular weight is 464 g/mol. The van der Waals surface area contributed by atoms with Gasteiger partial charge in [0.15, 0.2) is 0 Å². The summed E-state index contributed by atoms with van der Waals surface area (Å²) in [6, 6.07) is 17.0. The Kier molecular flexibility index (Phi) is 7.92. The number of carbonyl (C=O) groups excluding carboxylic acids is 2. The summed E-state index contributed by atoms with van der Waals surface area (Å²) in [5.74, 6) is -3.49. The number of nitro benzene ring substituents is 1. The number of carboxylic acid groups (broad SMARTS) is 1. The minimum atomic E-state index is -1.45. The lowest BCUT2D eigenvalue weighted by Crippen LogP contribution is -2.46. The Labute approximate surface area is 195 Å². The van der Waals surface area contributed by atoms with E-state index in [0.717, 1.165) is 10.8 Å². The van der Waals surface area contributed by atoms with Gasteiger partial charge in [-0.1, -0.05) is 54.6 Å². The molecule has 9 nitrogen and oxygen atoms in total. The highest BCUT2D eigenvalue weighted by molar-refractivity contribution is 5.88. The summed E-state index contributed by atoms with van der Waals surface area (Å²) in [5, 5.41) is 25.3. The Bertz CT molecular complexity index is 1210. The third-order valence-corrected chi connectivity index (χ3v) is 5.39. The second-order valence-electron chi connectivity index (χ2n) is 7.71. The number of benzene rings is 3. The largest absolute Gasteiger partial charge is 0.480 e. The molecule has 1 amide bonds. The second-order valence-corrected chi connectivity index (χ2v) is 7.71. The predicted molar refractivity (Wildman–Crippen MR) is 124 cm³/mol. The molecule has 3 aromatic rings. The molecule has 0 heterocycles. The van der Waals surface area contributed by atoms with Crippen LogP contribution < -0.4 is 5.32 Å². The lowest BCUT2D eigenvalue weighted by Gasteiger charge is -2.25. The molecule has 0 bridgehead atoms. The number of hydrogen-bond donors (Lipinski definition) is 2. The number of fused-ring (bicyclic) bond motifs is 1. The number of ether oxygens (including phenoxy) is 1. The predicted octanol–water partition coefficient (Wildman–Crippen LogP) is 3.60. The van der Waals surface area contributed by atoms with Crippen LogP contribution in [-0.2, 0) is 25.5 Å². The van der Waals surface area contributed by atoms with E-state index in [2.05, 4.69) is 5.32 Å². The molecule has 0 saturated carbocycles. The van der Waals surface area contributed by atoms with E-state index in [1.165, 1.54) is 24.3 Å². The number of rotatable bonds is 10. The molecule has 2 atom stereocenters. The standard InChI is InChI=1S/C25H24N2O7/c1-2-34-23(29)15-21(18-9-11-20(12-10-18)27(32)33)24(25(30)31)26-22(28)14-16-7-8-17-5-3-4-6-19(17)13-16/h3-13,21,24H,2,14-15H2,1H3,(H,26,28)(H,30,31)/t21-,24+/m1/s1. The highest BCUT2D eigenvalue weighted by Gasteiger charge is 2.33. The van der Waals surface area contributed by atoms with Gasteiger partial charge >= 0.3 is 11.9 Å². The van der Waals surface area contributed by atoms with Crippen molar-refractivity contribution in [2.75, 3.05) is 6.61 Å². The Morgan fingerprint density at radius 1 is 1.03 bits per heavy atom. The van der Waals surface area contributed by atoms with Crippen molar-refractivity contribution in [1.29, 1.82) is 0 Å². The third kappa shape index (κ3) is 6.16. The second kappa shape index (κ2) is 11.0. The summed E-state index contributed by atoms with van der Waals surface area (Å²) in [6.07, 6.45) is -0.375. The fraction of sp³-hybridized carbons (Fsp3) is 0.240. The van der Waals surface area contributed by atoms with Crippen molar-refractivity contribution in [2.45, 2.75) is 31.7 Å². The number of carbonyl (C=O) groups is 3. The molecule has 2 N–H and O–H groups in total. The number of amides is 1. The van der Waals surface area contributed by atoms with Crippen LogP contribution >= 0.6 is 0 Å². The molecule has 0 aliphatic rings. The van der Waals surface area contributed by atoms with Crippen LogP contribution in [0.4, 0.5) is 5.69 Å². The normalized spacial score (nSPS) is 12.5. The van der Waals surface area contributed by atoms with Crippen molar-refractivity contribution in [3.05, 3.63) is 88.0 Å². The van der Waals surface area contributed by atoms with Crippen LogP contribution in [0.5, 0.6) is 0 Å². The summed E-state index contributed by atoms with van der Waals surface area (Å²) in [4.78, 5) is 47.5.